The first kappa shape index (κ1) is 13.8. The Morgan fingerprint density at radius 2 is 1.95 bits per heavy atom. The molecule has 2 aliphatic carbocycles. The van der Waals surface area contributed by atoms with Crippen LogP contribution in [0.5, 0.6) is 0 Å². The maximum absolute atomic E-state index is 6.46. The molecule has 2 unspecified atom stereocenters. The normalized spacial score (nSPS) is 34.6. The topological polar surface area (TPSA) is 30.5 Å². The molecule has 1 aliphatic heterocycles. The van der Waals surface area contributed by atoms with Gasteiger partial charge in [0.2, 0.25) is 0 Å². The van der Waals surface area contributed by atoms with Gasteiger partial charge < -0.3 is 14.8 Å². The lowest BCUT2D eigenvalue weighted by Gasteiger charge is -2.55. The van der Waals surface area contributed by atoms with E-state index in [-0.39, 0.29) is 0 Å². The molecular formula is C16H29NO2. The van der Waals surface area contributed by atoms with Crippen molar-refractivity contribution in [2.75, 3.05) is 19.8 Å². The Labute approximate surface area is 117 Å². The predicted octanol–water partition coefficient (Wildman–Crippen LogP) is 2.88. The van der Waals surface area contributed by atoms with Crippen LogP contribution in [0.1, 0.15) is 58.3 Å². The van der Waals surface area contributed by atoms with Crippen LogP contribution >= 0.6 is 0 Å². The van der Waals surface area contributed by atoms with Crippen molar-refractivity contribution in [3.8, 4) is 0 Å². The standard InChI is InChI=1S/C16H29NO2/c1-2-9-17-14-12-15(16(14)7-3-4-8-16)19-13-5-10-18-11-6-13/h13-15,17H,2-12H2,1H3. The van der Waals surface area contributed by atoms with Gasteiger partial charge in [-0.3, -0.25) is 0 Å². The number of ether oxygens (including phenoxy) is 2. The van der Waals surface area contributed by atoms with E-state index in [2.05, 4.69) is 12.2 Å². The minimum Gasteiger partial charge on any atom is -0.381 e. The summed E-state index contributed by atoms with van der Waals surface area (Å²) in [5, 5.41) is 3.76. The average molecular weight is 267 g/mol. The number of hydrogen-bond acceptors (Lipinski definition) is 3. The van der Waals surface area contributed by atoms with E-state index in [0.717, 1.165) is 38.6 Å². The highest BCUT2D eigenvalue weighted by atomic mass is 16.5. The van der Waals surface area contributed by atoms with Gasteiger partial charge in [0.1, 0.15) is 0 Å². The second-order valence-electron chi connectivity index (χ2n) is 6.62. The van der Waals surface area contributed by atoms with Crippen LogP contribution < -0.4 is 5.32 Å². The van der Waals surface area contributed by atoms with Gasteiger partial charge in [-0.1, -0.05) is 19.8 Å². The molecule has 1 saturated heterocycles. The van der Waals surface area contributed by atoms with Gasteiger partial charge in [-0.05, 0) is 45.1 Å². The molecule has 1 heterocycles. The molecule has 0 bridgehead atoms. The molecule has 0 aromatic rings. The van der Waals surface area contributed by atoms with Crippen molar-refractivity contribution in [2.24, 2.45) is 5.41 Å². The highest BCUT2D eigenvalue weighted by molar-refractivity contribution is 5.10. The van der Waals surface area contributed by atoms with Gasteiger partial charge in [0.25, 0.3) is 0 Å². The number of hydrogen-bond donors (Lipinski definition) is 1. The summed E-state index contributed by atoms with van der Waals surface area (Å²) < 4.78 is 11.9. The Bertz CT molecular complexity index is 282. The van der Waals surface area contributed by atoms with Gasteiger partial charge in [0, 0.05) is 24.7 Å². The van der Waals surface area contributed by atoms with Crippen LogP contribution in [0, 0.1) is 5.41 Å². The molecule has 2 atom stereocenters. The van der Waals surface area contributed by atoms with Crippen LogP contribution in [0.25, 0.3) is 0 Å². The zero-order chi connectivity index (χ0) is 13.1. The molecule has 0 aromatic heterocycles. The molecule has 1 N–H and O–H groups in total. The minimum atomic E-state index is 0.461. The molecule has 19 heavy (non-hydrogen) atoms. The Morgan fingerprint density at radius 1 is 1.21 bits per heavy atom. The van der Waals surface area contributed by atoms with E-state index in [0.29, 0.717) is 17.6 Å². The highest BCUT2D eigenvalue weighted by Crippen LogP contribution is 2.55. The fourth-order valence-corrected chi connectivity index (χ4v) is 4.29. The lowest BCUT2D eigenvalue weighted by molar-refractivity contribution is -0.175. The second-order valence-corrected chi connectivity index (χ2v) is 6.62. The second kappa shape index (κ2) is 6.11. The highest BCUT2D eigenvalue weighted by Gasteiger charge is 2.56. The van der Waals surface area contributed by atoms with Crippen LogP contribution in [0.4, 0.5) is 0 Å². The summed E-state index contributed by atoms with van der Waals surface area (Å²) in [5.41, 5.74) is 0.480. The van der Waals surface area contributed by atoms with E-state index in [1.54, 1.807) is 0 Å². The van der Waals surface area contributed by atoms with E-state index in [1.165, 1.54) is 38.5 Å². The van der Waals surface area contributed by atoms with Crippen LogP contribution in [0.15, 0.2) is 0 Å². The van der Waals surface area contributed by atoms with Crippen LogP contribution in [0.2, 0.25) is 0 Å². The Morgan fingerprint density at radius 3 is 2.63 bits per heavy atom. The van der Waals surface area contributed by atoms with E-state index in [4.69, 9.17) is 9.47 Å². The maximum Gasteiger partial charge on any atom is 0.0665 e. The van der Waals surface area contributed by atoms with Gasteiger partial charge in [-0.2, -0.15) is 0 Å². The van der Waals surface area contributed by atoms with Crippen molar-refractivity contribution in [2.45, 2.75) is 76.5 Å². The fourth-order valence-electron chi connectivity index (χ4n) is 4.29. The zero-order valence-corrected chi connectivity index (χ0v) is 12.3. The van der Waals surface area contributed by atoms with Crippen molar-refractivity contribution in [3.63, 3.8) is 0 Å². The van der Waals surface area contributed by atoms with Crippen molar-refractivity contribution in [1.29, 1.82) is 0 Å². The average Bonchev–Trinajstić information content (AvgIpc) is 2.95. The smallest absolute Gasteiger partial charge is 0.0665 e. The number of nitrogens with one attached hydrogen (secondary N) is 1. The van der Waals surface area contributed by atoms with Gasteiger partial charge in [-0.15, -0.1) is 0 Å². The summed E-state index contributed by atoms with van der Waals surface area (Å²) in [7, 11) is 0. The monoisotopic (exact) mass is 267 g/mol. The molecule has 1 spiro atoms. The molecule has 0 aromatic carbocycles. The molecule has 2 saturated carbocycles. The summed E-state index contributed by atoms with van der Waals surface area (Å²) in [6, 6.07) is 0.722. The number of rotatable bonds is 5. The summed E-state index contributed by atoms with van der Waals surface area (Å²) in [6.07, 6.45) is 11.2. The fraction of sp³-hybridized carbons (Fsp3) is 1.00. The third-order valence-electron chi connectivity index (χ3n) is 5.49. The van der Waals surface area contributed by atoms with Crippen molar-refractivity contribution in [3.05, 3.63) is 0 Å². The largest absolute Gasteiger partial charge is 0.381 e. The van der Waals surface area contributed by atoms with Crippen molar-refractivity contribution < 1.29 is 9.47 Å². The lowest BCUT2D eigenvalue weighted by atomic mass is 9.60. The molecule has 3 nitrogen and oxygen atoms in total. The summed E-state index contributed by atoms with van der Waals surface area (Å²) in [5.74, 6) is 0. The van der Waals surface area contributed by atoms with Crippen molar-refractivity contribution >= 4 is 0 Å². The van der Waals surface area contributed by atoms with Gasteiger partial charge in [0.05, 0.1) is 12.2 Å². The first-order valence-electron chi connectivity index (χ1n) is 8.32. The molecule has 3 aliphatic rings. The molecule has 110 valence electrons. The zero-order valence-electron chi connectivity index (χ0n) is 12.3. The summed E-state index contributed by atoms with van der Waals surface area (Å²) in [4.78, 5) is 0. The SMILES string of the molecule is CCCNC1CC(OC2CCOCC2)C12CCCC2. The van der Waals surface area contributed by atoms with Crippen LogP contribution in [-0.2, 0) is 9.47 Å². The van der Waals surface area contributed by atoms with Crippen LogP contribution in [-0.4, -0.2) is 38.0 Å². The molecule has 0 radical (unpaired) electrons. The van der Waals surface area contributed by atoms with Gasteiger partial charge in [0.15, 0.2) is 0 Å². The van der Waals surface area contributed by atoms with E-state index in [1.807, 2.05) is 0 Å². The van der Waals surface area contributed by atoms with Crippen molar-refractivity contribution in [1.82, 2.24) is 5.32 Å². The molecule has 3 rings (SSSR count). The van der Waals surface area contributed by atoms with Gasteiger partial charge in [-0.25, -0.2) is 0 Å². The molecule has 3 heteroatoms. The quantitative estimate of drug-likeness (QED) is 0.831. The van der Waals surface area contributed by atoms with E-state index in [9.17, 15) is 0 Å². The molecule has 3 fully saturated rings. The third kappa shape index (κ3) is 2.70. The van der Waals surface area contributed by atoms with Crippen LogP contribution in [0.3, 0.4) is 0 Å². The summed E-state index contributed by atoms with van der Waals surface area (Å²) >= 11 is 0. The Hall–Kier alpha value is -0.120. The predicted molar refractivity (Wildman–Crippen MR) is 76.3 cm³/mol. The first-order valence-corrected chi connectivity index (χ1v) is 8.32. The molecular weight excluding hydrogens is 238 g/mol. The Balaban J connectivity index is 1.56. The first-order chi connectivity index (χ1) is 9.35. The maximum atomic E-state index is 6.46. The minimum absolute atomic E-state index is 0.461. The summed E-state index contributed by atoms with van der Waals surface area (Å²) in [6.45, 7) is 5.20. The lowest BCUT2D eigenvalue weighted by Crippen LogP contribution is -2.63. The van der Waals surface area contributed by atoms with Gasteiger partial charge >= 0.3 is 0 Å². The van der Waals surface area contributed by atoms with E-state index >= 15 is 0 Å². The van der Waals surface area contributed by atoms with E-state index < -0.39 is 0 Å². The molecule has 0 amide bonds. The Kier molecular flexibility index (Phi) is 4.45. The third-order valence-corrected chi connectivity index (χ3v) is 5.49.